The van der Waals surface area contributed by atoms with Crippen LogP contribution in [0.5, 0.6) is 0 Å². The number of hydrogen-bond acceptors (Lipinski definition) is 4. The molecule has 0 radical (unpaired) electrons. The predicted molar refractivity (Wildman–Crippen MR) is 83.4 cm³/mol. The number of benzene rings is 1. The van der Waals surface area contributed by atoms with E-state index in [4.69, 9.17) is 4.74 Å². The smallest absolute Gasteiger partial charge is 0.0642 e. The zero-order chi connectivity index (χ0) is 13.1. The molecule has 3 nitrogen and oxygen atoms in total. The van der Waals surface area contributed by atoms with E-state index in [1.807, 2.05) is 0 Å². The lowest BCUT2D eigenvalue weighted by atomic mass is 10.1. The fourth-order valence-electron chi connectivity index (χ4n) is 2.80. The third kappa shape index (κ3) is 3.00. The third-order valence-corrected chi connectivity index (χ3v) is 5.30. The fraction of sp³-hybridized carbons (Fsp3) is 0.600. The summed E-state index contributed by atoms with van der Waals surface area (Å²) in [6.45, 7) is 5.99. The molecule has 1 aromatic rings. The second-order valence-corrected chi connectivity index (χ2v) is 6.72. The largest absolute Gasteiger partial charge is 0.380 e. The molecular formula is C15H22N2OS. The number of hydrogen-bond donors (Lipinski definition) is 1. The van der Waals surface area contributed by atoms with Gasteiger partial charge in [-0.15, -0.1) is 0 Å². The van der Waals surface area contributed by atoms with Crippen molar-refractivity contribution in [1.29, 1.82) is 0 Å². The molecule has 0 amide bonds. The van der Waals surface area contributed by atoms with Crippen LogP contribution < -0.4 is 10.2 Å². The van der Waals surface area contributed by atoms with Crippen LogP contribution in [0.25, 0.3) is 0 Å². The van der Waals surface area contributed by atoms with Gasteiger partial charge in [0.2, 0.25) is 0 Å². The highest BCUT2D eigenvalue weighted by atomic mass is 32.2. The van der Waals surface area contributed by atoms with Crippen LogP contribution in [0.3, 0.4) is 0 Å². The lowest BCUT2D eigenvalue weighted by Crippen LogP contribution is -2.37. The number of morpholine rings is 1. The van der Waals surface area contributed by atoms with E-state index in [-0.39, 0.29) is 0 Å². The van der Waals surface area contributed by atoms with Gasteiger partial charge >= 0.3 is 0 Å². The van der Waals surface area contributed by atoms with Crippen LogP contribution in [0.15, 0.2) is 24.3 Å². The summed E-state index contributed by atoms with van der Waals surface area (Å²) in [4.78, 5) is 2.43. The molecule has 2 atom stereocenters. The lowest BCUT2D eigenvalue weighted by molar-refractivity contribution is 0.123. The van der Waals surface area contributed by atoms with Crippen molar-refractivity contribution in [3.05, 3.63) is 24.3 Å². The topological polar surface area (TPSA) is 24.5 Å². The second-order valence-electron chi connectivity index (χ2n) is 5.23. The quantitative estimate of drug-likeness (QED) is 0.919. The molecule has 1 aromatic carbocycles. The van der Waals surface area contributed by atoms with Gasteiger partial charge in [0.05, 0.1) is 24.6 Å². The van der Waals surface area contributed by atoms with Crippen molar-refractivity contribution in [1.82, 2.24) is 0 Å². The summed E-state index contributed by atoms with van der Waals surface area (Å²) < 4.78 is 5.45. The monoisotopic (exact) mass is 278 g/mol. The molecule has 4 heteroatoms. The number of nitrogens with one attached hydrogen (secondary N) is 1. The van der Waals surface area contributed by atoms with Crippen molar-refractivity contribution in [2.45, 2.75) is 24.6 Å². The Hall–Kier alpha value is -0.870. The van der Waals surface area contributed by atoms with Crippen molar-refractivity contribution >= 4 is 23.1 Å². The van der Waals surface area contributed by atoms with E-state index in [1.54, 1.807) is 0 Å². The van der Waals surface area contributed by atoms with Crippen molar-refractivity contribution in [3.63, 3.8) is 0 Å². The molecule has 1 N–H and O–H groups in total. The van der Waals surface area contributed by atoms with Gasteiger partial charge in [0, 0.05) is 24.4 Å². The third-order valence-electron chi connectivity index (χ3n) is 3.97. The maximum absolute atomic E-state index is 5.45. The van der Waals surface area contributed by atoms with Crippen molar-refractivity contribution in [2.24, 2.45) is 0 Å². The van der Waals surface area contributed by atoms with Crippen molar-refractivity contribution in [3.8, 4) is 0 Å². The zero-order valence-electron chi connectivity index (χ0n) is 11.5. The van der Waals surface area contributed by atoms with Crippen LogP contribution in [0.4, 0.5) is 11.4 Å². The first-order chi connectivity index (χ1) is 9.34. The SMILES string of the molecule is CC1SCCC1Nc1ccccc1N1CCOCC1. The minimum atomic E-state index is 0.604. The molecule has 0 aromatic heterocycles. The molecule has 2 fully saturated rings. The predicted octanol–water partition coefficient (Wildman–Crippen LogP) is 2.83. The van der Waals surface area contributed by atoms with Crippen LogP contribution in [0, 0.1) is 0 Å². The minimum absolute atomic E-state index is 0.604. The number of thioether (sulfide) groups is 1. The Labute approximate surface area is 119 Å². The van der Waals surface area contributed by atoms with Crippen molar-refractivity contribution in [2.75, 3.05) is 42.3 Å². The molecule has 0 saturated carbocycles. The van der Waals surface area contributed by atoms with Gasteiger partial charge < -0.3 is 15.0 Å². The summed E-state index contributed by atoms with van der Waals surface area (Å²) in [5, 5.41) is 4.46. The average molecular weight is 278 g/mol. The lowest BCUT2D eigenvalue weighted by Gasteiger charge is -2.31. The molecule has 2 aliphatic rings. The van der Waals surface area contributed by atoms with Crippen LogP contribution in [0.1, 0.15) is 13.3 Å². The first-order valence-corrected chi connectivity index (χ1v) is 8.19. The van der Waals surface area contributed by atoms with E-state index in [9.17, 15) is 0 Å². The second kappa shape index (κ2) is 6.06. The fourth-order valence-corrected chi connectivity index (χ4v) is 3.99. The number of para-hydroxylation sites is 2. The number of ether oxygens (including phenoxy) is 1. The highest BCUT2D eigenvalue weighted by Crippen LogP contribution is 2.32. The normalized spacial score (nSPS) is 27.5. The summed E-state index contributed by atoms with van der Waals surface area (Å²) in [7, 11) is 0. The van der Waals surface area contributed by atoms with Gasteiger partial charge in [-0.2, -0.15) is 11.8 Å². The molecule has 2 unspecified atom stereocenters. The van der Waals surface area contributed by atoms with Crippen LogP contribution >= 0.6 is 11.8 Å². The zero-order valence-corrected chi connectivity index (χ0v) is 12.3. The molecule has 2 saturated heterocycles. The van der Waals surface area contributed by atoms with Gasteiger partial charge in [-0.05, 0) is 24.3 Å². The highest BCUT2D eigenvalue weighted by Gasteiger charge is 2.25. The van der Waals surface area contributed by atoms with E-state index >= 15 is 0 Å². The first-order valence-electron chi connectivity index (χ1n) is 7.14. The number of rotatable bonds is 3. The molecule has 3 rings (SSSR count). The molecule has 0 spiro atoms. The maximum Gasteiger partial charge on any atom is 0.0642 e. The van der Waals surface area contributed by atoms with Gasteiger partial charge in [-0.3, -0.25) is 0 Å². The minimum Gasteiger partial charge on any atom is -0.380 e. The standard InChI is InChI=1S/C15H22N2OS/c1-12-13(6-11-19-12)16-14-4-2-3-5-15(14)17-7-9-18-10-8-17/h2-5,12-13,16H,6-11H2,1H3. The Morgan fingerprint density at radius 1 is 1.26 bits per heavy atom. The Kier molecular flexibility index (Phi) is 4.18. The number of nitrogens with zero attached hydrogens (tertiary/aromatic N) is 1. The first kappa shape index (κ1) is 13.1. The summed E-state index contributed by atoms with van der Waals surface area (Å²) in [5.41, 5.74) is 2.61. The molecule has 19 heavy (non-hydrogen) atoms. The van der Waals surface area contributed by atoms with Gasteiger partial charge in [-0.1, -0.05) is 19.1 Å². The molecule has 0 aliphatic carbocycles. The number of anilines is 2. The Morgan fingerprint density at radius 3 is 2.79 bits per heavy atom. The summed E-state index contributed by atoms with van der Waals surface area (Å²) in [6.07, 6.45) is 1.27. The van der Waals surface area contributed by atoms with Gasteiger partial charge in [0.15, 0.2) is 0 Å². The van der Waals surface area contributed by atoms with Gasteiger partial charge in [0.1, 0.15) is 0 Å². The van der Waals surface area contributed by atoms with E-state index in [1.165, 1.54) is 23.5 Å². The summed E-state index contributed by atoms with van der Waals surface area (Å²) >= 11 is 2.07. The average Bonchev–Trinajstić information content (AvgIpc) is 2.86. The summed E-state index contributed by atoms with van der Waals surface area (Å²) in [5.74, 6) is 1.28. The van der Waals surface area contributed by atoms with Crippen molar-refractivity contribution < 1.29 is 4.74 Å². The van der Waals surface area contributed by atoms with E-state index in [2.05, 4.69) is 53.2 Å². The van der Waals surface area contributed by atoms with E-state index in [0.29, 0.717) is 11.3 Å². The Balaban J connectivity index is 1.76. The molecule has 104 valence electrons. The van der Waals surface area contributed by atoms with Gasteiger partial charge in [0.25, 0.3) is 0 Å². The summed E-state index contributed by atoms with van der Waals surface area (Å²) in [6, 6.07) is 9.29. The molecule has 2 heterocycles. The van der Waals surface area contributed by atoms with Crippen LogP contribution in [-0.2, 0) is 4.74 Å². The Bertz CT molecular complexity index is 420. The van der Waals surface area contributed by atoms with E-state index < -0.39 is 0 Å². The van der Waals surface area contributed by atoms with Crippen LogP contribution in [-0.4, -0.2) is 43.3 Å². The molecular weight excluding hydrogens is 256 g/mol. The van der Waals surface area contributed by atoms with Crippen LogP contribution in [0.2, 0.25) is 0 Å². The maximum atomic E-state index is 5.45. The molecule has 0 bridgehead atoms. The van der Waals surface area contributed by atoms with Gasteiger partial charge in [-0.25, -0.2) is 0 Å². The molecule has 2 aliphatic heterocycles. The highest BCUT2D eigenvalue weighted by molar-refractivity contribution is 8.00. The Morgan fingerprint density at radius 2 is 2.05 bits per heavy atom. The van der Waals surface area contributed by atoms with E-state index in [0.717, 1.165) is 26.3 Å².